The van der Waals surface area contributed by atoms with Crippen LogP contribution in [0.3, 0.4) is 0 Å². The molecule has 0 aromatic heterocycles. The molecule has 9 heavy (non-hydrogen) atoms. The van der Waals surface area contributed by atoms with Crippen LogP contribution in [0.5, 0.6) is 0 Å². The second kappa shape index (κ2) is 3.56. The number of hydrogen-bond donors (Lipinski definition) is 2. The first kappa shape index (κ1) is 11.4. The average Bonchev–Trinajstić information content (AvgIpc) is 1.21. The first-order chi connectivity index (χ1) is 3.42. The second-order valence-electron chi connectivity index (χ2n) is 2.68. The molecule has 0 aromatic rings. The van der Waals surface area contributed by atoms with Crippen LogP contribution in [0.2, 0.25) is 0 Å². The van der Waals surface area contributed by atoms with Crippen LogP contribution in [0, 0.1) is 0 Å². The van der Waals surface area contributed by atoms with Gasteiger partial charge in [-0.2, -0.15) is 0 Å². The molecule has 0 atom stereocenters. The highest BCUT2D eigenvalue weighted by molar-refractivity contribution is 5.85. The van der Waals surface area contributed by atoms with Crippen molar-refractivity contribution in [2.45, 2.75) is 26.3 Å². The van der Waals surface area contributed by atoms with Crippen molar-refractivity contribution in [2.24, 2.45) is 0 Å². The van der Waals surface area contributed by atoms with E-state index < -0.39 is 6.09 Å². The number of carbonyl (C=O) groups is 1. The highest BCUT2D eigenvalue weighted by atomic mass is 35.5. The number of amides is 1. The van der Waals surface area contributed by atoms with Gasteiger partial charge >= 0.3 is 6.09 Å². The third-order valence-corrected chi connectivity index (χ3v) is 0.482. The molecule has 0 aliphatic rings. The lowest BCUT2D eigenvalue weighted by molar-refractivity contribution is 0.184. The van der Waals surface area contributed by atoms with E-state index >= 15 is 0 Å². The van der Waals surface area contributed by atoms with Crippen molar-refractivity contribution >= 4 is 18.5 Å². The number of carboxylic acid groups (broad SMARTS) is 1. The van der Waals surface area contributed by atoms with Gasteiger partial charge in [0.25, 0.3) is 0 Å². The summed E-state index contributed by atoms with van der Waals surface area (Å²) in [6, 6.07) is 0. The monoisotopic (exact) mass is 153 g/mol. The molecule has 56 valence electrons. The Bertz CT molecular complexity index is 97.6. The predicted octanol–water partition coefficient (Wildman–Crippen LogP) is 1.47. The van der Waals surface area contributed by atoms with Crippen molar-refractivity contribution in [3.8, 4) is 0 Å². The van der Waals surface area contributed by atoms with E-state index in [0.717, 1.165) is 0 Å². The van der Waals surface area contributed by atoms with Crippen molar-refractivity contribution in [3.05, 3.63) is 0 Å². The Morgan fingerprint density at radius 3 is 1.78 bits per heavy atom. The number of hydrogen-bond acceptors (Lipinski definition) is 1. The summed E-state index contributed by atoms with van der Waals surface area (Å²) in [6.07, 6.45) is -0.975. The molecule has 0 bridgehead atoms. The Balaban J connectivity index is 0. The zero-order valence-corrected chi connectivity index (χ0v) is 6.58. The van der Waals surface area contributed by atoms with Gasteiger partial charge in [-0.3, -0.25) is 0 Å². The van der Waals surface area contributed by atoms with Gasteiger partial charge in [0.1, 0.15) is 0 Å². The third-order valence-electron chi connectivity index (χ3n) is 0.482. The molecule has 0 radical (unpaired) electrons. The van der Waals surface area contributed by atoms with E-state index in [9.17, 15) is 4.79 Å². The summed E-state index contributed by atoms with van der Waals surface area (Å²) in [4.78, 5) is 9.90. The lowest BCUT2D eigenvalue weighted by Crippen LogP contribution is -2.39. The van der Waals surface area contributed by atoms with Gasteiger partial charge in [-0.05, 0) is 20.8 Å². The first-order valence-corrected chi connectivity index (χ1v) is 2.43. The van der Waals surface area contributed by atoms with Gasteiger partial charge in [0.05, 0.1) is 0 Å². The fourth-order valence-corrected chi connectivity index (χ4v) is 0.321. The van der Waals surface area contributed by atoms with Gasteiger partial charge in [0, 0.05) is 5.54 Å². The molecule has 0 spiro atoms. The van der Waals surface area contributed by atoms with Crippen molar-refractivity contribution in [1.29, 1.82) is 0 Å². The molecule has 4 heteroatoms. The van der Waals surface area contributed by atoms with E-state index in [2.05, 4.69) is 5.32 Å². The van der Waals surface area contributed by atoms with Crippen molar-refractivity contribution in [3.63, 3.8) is 0 Å². The van der Waals surface area contributed by atoms with Gasteiger partial charge in [0.15, 0.2) is 0 Å². The summed E-state index contributed by atoms with van der Waals surface area (Å²) in [5.41, 5.74) is -0.328. The summed E-state index contributed by atoms with van der Waals surface area (Å²) in [7, 11) is 0. The van der Waals surface area contributed by atoms with Crippen LogP contribution in [0.25, 0.3) is 0 Å². The molecule has 0 saturated heterocycles. The van der Waals surface area contributed by atoms with Gasteiger partial charge in [0.2, 0.25) is 0 Å². The highest BCUT2D eigenvalue weighted by Crippen LogP contribution is 1.96. The van der Waals surface area contributed by atoms with E-state index in [1.54, 1.807) is 20.8 Å². The summed E-state index contributed by atoms with van der Waals surface area (Å²) >= 11 is 0. The Kier molecular flexibility index (Phi) is 4.50. The lowest BCUT2D eigenvalue weighted by Gasteiger charge is -2.16. The Labute approximate surface area is 60.9 Å². The first-order valence-electron chi connectivity index (χ1n) is 2.43. The molecular weight excluding hydrogens is 142 g/mol. The summed E-state index contributed by atoms with van der Waals surface area (Å²) in [5, 5.41) is 10.4. The van der Waals surface area contributed by atoms with Gasteiger partial charge < -0.3 is 10.4 Å². The Morgan fingerprint density at radius 2 is 1.78 bits per heavy atom. The molecule has 0 rings (SSSR count). The normalized spacial score (nSPS) is 9.67. The molecular formula is C5H12ClNO2. The molecule has 0 saturated carbocycles. The minimum absolute atomic E-state index is 0. The zero-order chi connectivity index (χ0) is 6.78. The van der Waals surface area contributed by atoms with E-state index in [0.29, 0.717) is 0 Å². The van der Waals surface area contributed by atoms with E-state index in [4.69, 9.17) is 5.11 Å². The third kappa shape index (κ3) is 11.2. The molecule has 0 aliphatic heterocycles. The van der Waals surface area contributed by atoms with Crippen LogP contribution in [0.4, 0.5) is 4.79 Å². The Morgan fingerprint density at radius 1 is 1.44 bits per heavy atom. The molecule has 0 aromatic carbocycles. The largest absolute Gasteiger partial charge is 0.465 e. The van der Waals surface area contributed by atoms with Crippen LogP contribution in [0.15, 0.2) is 0 Å². The number of nitrogens with one attached hydrogen (secondary N) is 1. The molecule has 2 N–H and O–H groups in total. The minimum atomic E-state index is -0.975. The smallest absolute Gasteiger partial charge is 0.405 e. The maximum Gasteiger partial charge on any atom is 0.405 e. The van der Waals surface area contributed by atoms with Gasteiger partial charge in [-0.15, -0.1) is 12.4 Å². The fourth-order valence-electron chi connectivity index (χ4n) is 0.321. The molecule has 3 nitrogen and oxygen atoms in total. The summed E-state index contributed by atoms with van der Waals surface area (Å²) in [5.74, 6) is 0. The number of rotatable bonds is 0. The number of halogens is 1. The van der Waals surface area contributed by atoms with Gasteiger partial charge in [-0.25, -0.2) is 4.79 Å². The summed E-state index contributed by atoms with van der Waals surface area (Å²) < 4.78 is 0. The van der Waals surface area contributed by atoms with E-state index in [-0.39, 0.29) is 17.9 Å². The standard InChI is InChI=1S/C5H11NO2.ClH/c1-5(2,3)6-4(7)8;/h6H,1-3H3,(H,7,8);1H. The average molecular weight is 154 g/mol. The van der Waals surface area contributed by atoms with Crippen LogP contribution in [-0.4, -0.2) is 16.7 Å². The Hall–Kier alpha value is -0.440. The topological polar surface area (TPSA) is 49.3 Å². The fraction of sp³-hybridized carbons (Fsp3) is 0.800. The molecule has 0 heterocycles. The molecule has 0 fully saturated rings. The van der Waals surface area contributed by atoms with Crippen molar-refractivity contribution in [1.82, 2.24) is 5.32 Å². The molecule has 1 amide bonds. The SMILES string of the molecule is CC(C)(C)NC(=O)O.Cl. The predicted molar refractivity (Wildman–Crippen MR) is 38.2 cm³/mol. The van der Waals surface area contributed by atoms with E-state index in [1.165, 1.54) is 0 Å². The van der Waals surface area contributed by atoms with Crippen LogP contribution in [-0.2, 0) is 0 Å². The van der Waals surface area contributed by atoms with Crippen molar-refractivity contribution < 1.29 is 9.90 Å². The summed E-state index contributed by atoms with van der Waals surface area (Å²) in [6.45, 7) is 5.38. The maximum atomic E-state index is 9.90. The zero-order valence-electron chi connectivity index (χ0n) is 5.76. The van der Waals surface area contributed by atoms with Gasteiger partial charge in [-0.1, -0.05) is 0 Å². The van der Waals surface area contributed by atoms with Crippen LogP contribution < -0.4 is 5.32 Å². The second-order valence-corrected chi connectivity index (χ2v) is 2.68. The van der Waals surface area contributed by atoms with Crippen molar-refractivity contribution in [2.75, 3.05) is 0 Å². The van der Waals surface area contributed by atoms with E-state index in [1.807, 2.05) is 0 Å². The maximum absolute atomic E-state index is 9.90. The van der Waals surface area contributed by atoms with Crippen LogP contribution >= 0.6 is 12.4 Å². The molecule has 0 aliphatic carbocycles. The lowest BCUT2D eigenvalue weighted by atomic mass is 10.1. The quantitative estimate of drug-likeness (QED) is 0.554. The minimum Gasteiger partial charge on any atom is -0.465 e. The highest BCUT2D eigenvalue weighted by Gasteiger charge is 2.10. The molecule has 0 unspecified atom stereocenters. The van der Waals surface area contributed by atoms with Crippen LogP contribution in [0.1, 0.15) is 20.8 Å².